The molecule has 0 amide bonds. The Kier molecular flexibility index (Phi) is 19.8. The lowest BCUT2D eigenvalue weighted by molar-refractivity contribution is -0.191. The summed E-state index contributed by atoms with van der Waals surface area (Å²) in [5, 5.41) is 19.6. The van der Waals surface area contributed by atoms with Crippen LogP contribution in [0.5, 0.6) is 0 Å². The summed E-state index contributed by atoms with van der Waals surface area (Å²) >= 11 is 0. The minimum absolute atomic E-state index is 0.0653. The van der Waals surface area contributed by atoms with Gasteiger partial charge in [-0.1, -0.05) is 111 Å². The molecule has 36 heavy (non-hydrogen) atoms. The molecule has 0 bridgehead atoms. The number of carboxylic acid groups (broad SMARTS) is 2. The SMILES string of the molecule is CCCCCCCCCCOC(=O)C(C(=O)O)(C(=O)OCCCCCCCCCC)C(CC)C(=O)O. The van der Waals surface area contributed by atoms with E-state index < -0.39 is 35.2 Å². The normalized spacial score (nSPS) is 12.2. The first kappa shape index (κ1) is 33.9. The van der Waals surface area contributed by atoms with Gasteiger partial charge in [0.05, 0.1) is 19.1 Å². The first-order chi connectivity index (χ1) is 17.3. The summed E-state index contributed by atoms with van der Waals surface area (Å²) in [5.74, 6) is -7.89. The van der Waals surface area contributed by atoms with E-state index in [2.05, 4.69) is 13.8 Å². The van der Waals surface area contributed by atoms with Crippen molar-refractivity contribution in [2.24, 2.45) is 11.3 Å². The minimum Gasteiger partial charge on any atom is -0.481 e. The number of aliphatic carboxylic acids is 2. The molecule has 0 aromatic rings. The zero-order valence-electron chi connectivity index (χ0n) is 22.9. The van der Waals surface area contributed by atoms with Crippen molar-refractivity contribution in [3.05, 3.63) is 0 Å². The maximum atomic E-state index is 13.0. The molecule has 8 nitrogen and oxygen atoms in total. The molecule has 0 aliphatic rings. The summed E-state index contributed by atoms with van der Waals surface area (Å²) in [4.78, 5) is 50.0. The van der Waals surface area contributed by atoms with Crippen LogP contribution in [-0.4, -0.2) is 47.3 Å². The fraction of sp³-hybridized carbons (Fsp3) is 0.857. The van der Waals surface area contributed by atoms with Crippen molar-refractivity contribution in [3.8, 4) is 0 Å². The van der Waals surface area contributed by atoms with Gasteiger partial charge < -0.3 is 19.7 Å². The number of carbonyl (C=O) groups excluding carboxylic acids is 2. The third kappa shape index (κ3) is 12.2. The van der Waals surface area contributed by atoms with E-state index >= 15 is 0 Å². The molecule has 0 spiro atoms. The van der Waals surface area contributed by atoms with Gasteiger partial charge in [-0.2, -0.15) is 0 Å². The van der Waals surface area contributed by atoms with E-state index in [1.54, 1.807) is 0 Å². The Morgan fingerprint density at radius 1 is 0.583 bits per heavy atom. The Labute approximate surface area is 217 Å². The number of carboxylic acids is 2. The highest BCUT2D eigenvalue weighted by atomic mass is 16.6. The van der Waals surface area contributed by atoms with E-state index in [1.165, 1.54) is 45.4 Å². The summed E-state index contributed by atoms with van der Waals surface area (Å²) in [7, 11) is 0. The quantitative estimate of drug-likeness (QED) is 0.0844. The van der Waals surface area contributed by atoms with Gasteiger partial charge in [0.1, 0.15) is 0 Å². The van der Waals surface area contributed by atoms with Gasteiger partial charge in [-0.15, -0.1) is 0 Å². The smallest absolute Gasteiger partial charge is 0.336 e. The van der Waals surface area contributed by atoms with Crippen LogP contribution in [0.3, 0.4) is 0 Å². The molecule has 0 aromatic heterocycles. The molecule has 210 valence electrons. The number of hydrogen-bond acceptors (Lipinski definition) is 6. The molecule has 0 aliphatic heterocycles. The number of hydrogen-bond donors (Lipinski definition) is 2. The van der Waals surface area contributed by atoms with Gasteiger partial charge in [-0.05, 0) is 19.3 Å². The van der Waals surface area contributed by atoms with Crippen molar-refractivity contribution in [1.29, 1.82) is 0 Å². The van der Waals surface area contributed by atoms with Crippen molar-refractivity contribution in [3.63, 3.8) is 0 Å². The fourth-order valence-corrected chi connectivity index (χ4v) is 4.39. The van der Waals surface area contributed by atoms with Crippen LogP contribution < -0.4 is 0 Å². The second-order valence-corrected chi connectivity index (χ2v) is 9.63. The molecule has 0 aliphatic carbocycles. The Balaban J connectivity index is 4.93. The van der Waals surface area contributed by atoms with Crippen molar-refractivity contribution in [2.45, 2.75) is 130 Å². The molecule has 0 saturated carbocycles. The van der Waals surface area contributed by atoms with Crippen LogP contribution in [0.2, 0.25) is 0 Å². The van der Waals surface area contributed by atoms with Crippen molar-refractivity contribution < 1.29 is 38.9 Å². The summed E-state index contributed by atoms with van der Waals surface area (Å²) < 4.78 is 10.4. The van der Waals surface area contributed by atoms with E-state index in [-0.39, 0.29) is 19.6 Å². The van der Waals surface area contributed by atoms with Crippen LogP contribution >= 0.6 is 0 Å². The van der Waals surface area contributed by atoms with Crippen LogP contribution in [0.15, 0.2) is 0 Å². The van der Waals surface area contributed by atoms with E-state index in [9.17, 15) is 29.4 Å². The largest absolute Gasteiger partial charge is 0.481 e. The van der Waals surface area contributed by atoms with Crippen molar-refractivity contribution in [1.82, 2.24) is 0 Å². The first-order valence-electron chi connectivity index (χ1n) is 14.1. The third-order valence-electron chi connectivity index (χ3n) is 6.67. The number of rotatable bonds is 24. The molecule has 0 radical (unpaired) electrons. The fourth-order valence-electron chi connectivity index (χ4n) is 4.39. The van der Waals surface area contributed by atoms with Gasteiger partial charge in [0.2, 0.25) is 0 Å². The molecule has 0 aromatic carbocycles. The maximum absolute atomic E-state index is 13.0. The van der Waals surface area contributed by atoms with Gasteiger partial charge >= 0.3 is 23.9 Å². The lowest BCUT2D eigenvalue weighted by Gasteiger charge is -2.30. The summed E-state index contributed by atoms with van der Waals surface area (Å²) in [6.45, 7) is 5.61. The molecular formula is C28H50O8. The van der Waals surface area contributed by atoms with E-state index in [4.69, 9.17) is 9.47 Å². The summed E-state index contributed by atoms with van der Waals surface area (Å²) in [5.41, 5.74) is -2.92. The summed E-state index contributed by atoms with van der Waals surface area (Å²) in [6.07, 6.45) is 16.0. The number of ether oxygens (including phenoxy) is 2. The van der Waals surface area contributed by atoms with Gasteiger partial charge in [0.25, 0.3) is 5.41 Å². The average Bonchev–Trinajstić information content (AvgIpc) is 2.84. The Morgan fingerprint density at radius 2 is 0.917 bits per heavy atom. The van der Waals surface area contributed by atoms with Crippen LogP contribution in [0.4, 0.5) is 0 Å². The standard InChI is InChI=1S/C28H50O8/c1-4-7-9-11-13-15-17-19-21-35-26(33)28(25(31)32,23(6-3)24(29)30)27(34)36-22-20-18-16-14-12-10-8-5-2/h23H,4-22H2,1-3H3,(H,29,30)(H,31,32). The molecule has 1 atom stereocenters. The van der Waals surface area contributed by atoms with Crippen LogP contribution in [-0.2, 0) is 28.7 Å². The molecule has 0 heterocycles. The van der Waals surface area contributed by atoms with E-state index in [0.29, 0.717) is 12.8 Å². The maximum Gasteiger partial charge on any atom is 0.336 e. The zero-order valence-corrected chi connectivity index (χ0v) is 22.9. The molecule has 2 N–H and O–H groups in total. The third-order valence-corrected chi connectivity index (χ3v) is 6.67. The first-order valence-corrected chi connectivity index (χ1v) is 14.1. The Bertz CT molecular complexity index is 597. The number of esters is 2. The number of carbonyl (C=O) groups is 4. The van der Waals surface area contributed by atoms with Crippen LogP contribution in [0.1, 0.15) is 130 Å². The van der Waals surface area contributed by atoms with Crippen molar-refractivity contribution >= 4 is 23.9 Å². The van der Waals surface area contributed by atoms with Crippen molar-refractivity contribution in [2.75, 3.05) is 13.2 Å². The molecule has 1 unspecified atom stereocenters. The lowest BCUT2D eigenvalue weighted by atomic mass is 9.73. The van der Waals surface area contributed by atoms with Gasteiger partial charge in [-0.3, -0.25) is 19.2 Å². The van der Waals surface area contributed by atoms with Gasteiger partial charge in [-0.25, -0.2) is 0 Å². The van der Waals surface area contributed by atoms with E-state index in [1.807, 2.05) is 0 Å². The predicted octanol–water partition coefficient (Wildman–Crippen LogP) is 6.54. The van der Waals surface area contributed by atoms with Gasteiger partial charge in [0.15, 0.2) is 0 Å². The predicted molar refractivity (Wildman–Crippen MR) is 139 cm³/mol. The zero-order chi connectivity index (χ0) is 27.2. The average molecular weight is 515 g/mol. The molecular weight excluding hydrogens is 464 g/mol. The summed E-state index contributed by atoms with van der Waals surface area (Å²) in [6, 6.07) is 0. The van der Waals surface area contributed by atoms with Gasteiger partial charge in [0, 0.05) is 0 Å². The second kappa shape index (κ2) is 21.0. The minimum atomic E-state index is -2.92. The highest BCUT2D eigenvalue weighted by Gasteiger charge is 2.64. The molecule has 0 fully saturated rings. The Morgan fingerprint density at radius 3 is 1.19 bits per heavy atom. The topological polar surface area (TPSA) is 127 Å². The Hall–Kier alpha value is -2.12. The van der Waals surface area contributed by atoms with Crippen LogP contribution in [0.25, 0.3) is 0 Å². The molecule has 8 heteroatoms. The van der Waals surface area contributed by atoms with E-state index in [0.717, 1.165) is 51.4 Å². The monoisotopic (exact) mass is 514 g/mol. The van der Waals surface area contributed by atoms with Crippen LogP contribution in [0, 0.1) is 11.3 Å². The molecule has 0 rings (SSSR count). The highest BCUT2D eigenvalue weighted by Crippen LogP contribution is 2.35. The lowest BCUT2D eigenvalue weighted by Crippen LogP contribution is -2.55. The highest BCUT2D eigenvalue weighted by molar-refractivity contribution is 6.19. The molecule has 0 saturated heterocycles. The second-order valence-electron chi connectivity index (χ2n) is 9.63. The number of unbranched alkanes of at least 4 members (excludes halogenated alkanes) is 14.